The molecular weight excluding hydrogens is 194 g/mol. The van der Waals surface area contributed by atoms with Crippen molar-refractivity contribution in [3.8, 4) is 11.3 Å². The molecule has 76 valence electrons. The molecule has 2 rings (SSSR count). The quantitative estimate of drug-likeness (QED) is 0.445. The first-order valence-corrected chi connectivity index (χ1v) is 4.35. The lowest BCUT2D eigenvalue weighted by Crippen LogP contribution is -1.92. The Hall–Kier alpha value is -2.30. The maximum Gasteiger partial charge on any atom is 0.272 e. The molecule has 0 unspecified atom stereocenters. The zero-order chi connectivity index (χ0) is 10.8. The molecule has 0 spiro atoms. The van der Waals surface area contributed by atoms with Crippen LogP contribution < -0.4 is 5.73 Å². The van der Waals surface area contributed by atoms with Crippen LogP contribution in [0, 0.1) is 10.1 Å². The van der Waals surface area contributed by atoms with Gasteiger partial charge in [0.1, 0.15) is 0 Å². The first kappa shape index (κ1) is 9.26. The SMILES string of the molecule is Nc1cc(-c2ccc[nH]2)cc([N+](=O)[O-])c1. The number of nitrogens with two attached hydrogens (primary N) is 1. The lowest BCUT2D eigenvalue weighted by molar-refractivity contribution is -0.384. The Morgan fingerprint density at radius 1 is 1.33 bits per heavy atom. The van der Waals surface area contributed by atoms with Gasteiger partial charge < -0.3 is 10.7 Å². The number of hydrogen-bond acceptors (Lipinski definition) is 3. The molecule has 0 amide bonds. The van der Waals surface area contributed by atoms with Gasteiger partial charge in [-0.2, -0.15) is 0 Å². The Kier molecular flexibility index (Phi) is 2.13. The van der Waals surface area contributed by atoms with Crippen molar-refractivity contribution >= 4 is 11.4 Å². The summed E-state index contributed by atoms with van der Waals surface area (Å²) < 4.78 is 0. The monoisotopic (exact) mass is 203 g/mol. The van der Waals surface area contributed by atoms with E-state index in [0.717, 1.165) is 5.69 Å². The third-order valence-corrected chi connectivity index (χ3v) is 2.06. The average Bonchev–Trinajstić information content (AvgIpc) is 2.69. The molecule has 0 bridgehead atoms. The first-order chi connectivity index (χ1) is 7.16. The molecule has 0 aliphatic heterocycles. The Labute approximate surface area is 85.7 Å². The van der Waals surface area contributed by atoms with Crippen molar-refractivity contribution in [1.29, 1.82) is 0 Å². The molecule has 0 atom stereocenters. The van der Waals surface area contributed by atoms with E-state index in [1.807, 2.05) is 12.1 Å². The summed E-state index contributed by atoms with van der Waals surface area (Å²) in [5.74, 6) is 0. The van der Waals surface area contributed by atoms with Gasteiger partial charge in [0.2, 0.25) is 0 Å². The molecule has 1 aromatic heterocycles. The minimum atomic E-state index is -0.456. The molecule has 0 saturated heterocycles. The number of nitrogens with zero attached hydrogens (tertiary/aromatic N) is 1. The van der Waals surface area contributed by atoms with E-state index >= 15 is 0 Å². The summed E-state index contributed by atoms with van der Waals surface area (Å²) in [6.45, 7) is 0. The van der Waals surface area contributed by atoms with Gasteiger partial charge in [0.25, 0.3) is 5.69 Å². The molecule has 1 heterocycles. The number of nitrogen functional groups attached to an aromatic ring is 1. The maximum absolute atomic E-state index is 10.6. The summed E-state index contributed by atoms with van der Waals surface area (Å²) in [6, 6.07) is 8.18. The van der Waals surface area contributed by atoms with Crippen molar-refractivity contribution in [1.82, 2.24) is 4.98 Å². The predicted molar refractivity (Wildman–Crippen MR) is 57.3 cm³/mol. The molecule has 2 aromatic rings. The Balaban J connectivity index is 2.54. The van der Waals surface area contributed by atoms with Gasteiger partial charge in [-0.1, -0.05) is 0 Å². The molecule has 5 nitrogen and oxygen atoms in total. The second-order valence-electron chi connectivity index (χ2n) is 3.15. The first-order valence-electron chi connectivity index (χ1n) is 4.35. The molecule has 0 aliphatic rings. The molecule has 0 aliphatic carbocycles. The Morgan fingerprint density at radius 2 is 2.13 bits per heavy atom. The largest absolute Gasteiger partial charge is 0.399 e. The standard InChI is InChI=1S/C10H9N3O2/c11-8-4-7(10-2-1-3-12-10)5-9(6-8)13(14)15/h1-6,12H,11H2. The second kappa shape index (κ2) is 3.45. The lowest BCUT2D eigenvalue weighted by atomic mass is 10.1. The van der Waals surface area contributed by atoms with E-state index < -0.39 is 4.92 Å². The van der Waals surface area contributed by atoms with Gasteiger partial charge in [-0.05, 0) is 18.2 Å². The summed E-state index contributed by atoms with van der Waals surface area (Å²) in [5, 5.41) is 10.6. The molecule has 15 heavy (non-hydrogen) atoms. The minimum absolute atomic E-state index is 0.000370. The van der Waals surface area contributed by atoms with Gasteiger partial charge in [0, 0.05) is 35.3 Å². The van der Waals surface area contributed by atoms with Crippen LogP contribution in [0.4, 0.5) is 11.4 Å². The summed E-state index contributed by atoms with van der Waals surface area (Å²) >= 11 is 0. The summed E-state index contributed by atoms with van der Waals surface area (Å²) in [7, 11) is 0. The van der Waals surface area contributed by atoms with Crippen LogP contribution in [0.2, 0.25) is 0 Å². The van der Waals surface area contributed by atoms with Crippen LogP contribution in [-0.4, -0.2) is 9.91 Å². The molecule has 5 heteroatoms. The van der Waals surface area contributed by atoms with Crippen molar-refractivity contribution in [2.45, 2.75) is 0 Å². The number of rotatable bonds is 2. The van der Waals surface area contributed by atoms with E-state index in [0.29, 0.717) is 11.3 Å². The summed E-state index contributed by atoms with van der Waals surface area (Å²) in [4.78, 5) is 13.1. The van der Waals surface area contributed by atoms with Gasteiger partial charge in [0.05, 0.1) is 4.92 Å². The van der Waals surface area contributed by atoms with Gasteiger partial charge >= 0.3 is 0 Å². The highest BCUT2D eigenvalue weighted by atomic mass is 16.6. The number of nitro benzene ring substituents is 1. The lowest BCUT2D eigenvalue weighted by Gasteiger charge is -2.00. The zero-order valence-electron chi connectivity index (χ0n) is 7.81. The second-order valence-corrected chi connectivity index (χ2v) is 3.15. The van der Waals surface area contributed by atoms with Crippen molar-refractivity contribution in [3.63, 3.8) is 0 Å². The third kappa shape index (κ3) is 1.80. The van der Waals surface area contributed by atoms with Crippen molar-refractivity contribution in [2.24, 2.45) is 0 Å². The topological polar surface area (TPSA) is 85.0 Å². The highest BCUT2D eigenvalue weighted by Crippen LogP contribution is 2.25. The third-order valence-electron chi connectivity index (χ3n) is 2.06. The highest BCUT2D eigenvalue weighted by molar-refractivity contribution is 5.68. The molecule has 1 aromatic carbocycles. The van der Waals surface area contributed by atoms with Crippen LogP contribution in [0.25, 0.3) is 11.3 Å². The highest BCUT2D eigenvalue weighted by Gasteiger charge is 2.09. The van der Waals surface area contributed by atoms with Crippen LogP contribution in [0.3, 0.4) is 0 Å². The number of nitrogens with one attached hydrogen (secondary N) is 1. The van der Waals surface area contributed by atoms with Gasteiger partial charge in [-0.15, -0.1) is 0 Å². The van der Waals surface area contributed by atoms with E-state index in [-0.39, 0.29) is 5.69 Å². The molecule has 0 radical (unpaired) electrons. The van der Waals surface area contributed by atoms with Crippen molar-refractivity contribution < 1.29 is 4.92 Å². The van der Waals surface area contributed by atoms with Crippen LogP contribution in [-0.2, 0) is 0 Å². The van der Waals surface area contributed by atoms with Crippen molar-refractivity contribution in [3.05, 3.63) is 46.6 Å². The number of hydrogen-bond donors (Lipinski definition) is 2. The number of benzene rings is 1. The zero-order valence-corrected chi connectivity index (χ0v) is 7.81. The average molecular weight is 203 g/mol. The van der Waals surface area contributed by atoms with E-state index in [2.05, 4.69) is 4.98 Å². The fraction of sp³-hybridized carbons (Fsp3) is 0. The summed E-state index contributed by atoms with van der Waals surface area (Å²) in [6.07, 6.45) is 1.75. The van der Waals surface area contributed by atoms with Gasteiger partial charge in [0.15, 0.2) is 0 Å². The molecule has 0 fully saturated rings. The molecule has 3 N–H and O–H groups in total. The number of aromatic amines is 1. The minimum Gasteiger partial charge on any atom is -0.399 e. The Morgan fingerprint density at radius 3 is 2.73 bits per heavy atom. The number of anilines is 1. The maximum atomic E-state index is 10.6. The normalized spacial score (nSPS) is 10.1. The number of non-ortho nitro benzene ring substituents is 1. The fourth-order valence-electron chi connectivity index (χ4n) is 1.41. The molecule has 0 saturated carbocycles. The number of H-pyrrole nitrogens is 1. The van der Waals surface area contributed by atoms with Gasteiger partial charge in [-0.3, -0.25) is 10.1 Å². The predicted octanol–water partition coefficient (Wildman–Crippen LogP) is 2.17. The number of aromatic nitrogens is 1. The summed E-state index contributed by atoms with van der Waals surface area (Å²) in [5.41, 5.74) is 7.49. The fourth-order valence-corrected chi connectivity index (χ4v) is 1.41. The van der Waals surface area contributed by atoms with E-state index in [1.54, 1.807) is 12.3 Å². The molecular formula is C10H9N3O2. The smallest absolute Gasteiger partial charge is 0.272 e. The number of nitro groups is 1. The van der Waals surface area contributed by atoms with E-state index in [9.17, 15) is 10.1 Å². The van der Waals surface area contributed by atoms with E-state index in [4.69, 9.17) is 5.73 Å². The van der Waals surface area contributed by atoms with Crippen LogP contribution in [0.5, 0.6) is 0 Å². The van der Waals surface area contributed by atoms with Crippen LogP contribution >= 0.6 is 0 Å². The van der Waals surface area contributed by atoms with Crippen LogP contribution in [0.1, 0.15) is 0 Å². The van der Waals surface area contributed by atoms with Crippen LogP contribution in [0.15, 0.2) is 36.5 Å². The Bertz CT molecular complexity index is 491. The van der Waals surface area contributed by atoms with Crippen molar-refractivity contribution in [2.75, 3.05) is 5.73 Å². The van der Waals surface area contributed by atoms with E-state index in [1.165, 1.54) is 12.1 Å². The van der Waals surface area contributed by atoms with Gasteiger partial charge in [-0.25, -0.2) is 0 Å².